The molecule has 1 aromatic carbocycles. The lowest BCUT2D eigenvalue weighted by Crippen LogP contribution is -2.22. The zero-order valence-corrected chi connectivity index (χ0v) is 12.9. The summed E-state index contributed by atoms with van der Waals surface area (Å²) in [6, 6.07) is 7.11. The zero-order chi connectivity index (χ0) is 16.0. The van der Waals surface area contributed by atoms with Gasteiger partial charge in [0.1, 0.15) is 5.75 Å². The summed E-state index contributed by atoms with van der Waals surface area (Å²) in [6.45, 7) is 1.72. The quantitative estimate of drug-likeness (QED) is 0.935. The van der Waals surface area contributed by atoms with Crippen LogP contribution in [0, 0.1) is 5.41 Å². The van der Waals surface area contributed by atoms with E-state index < -0.39 is 5.97 Å². The third-order valence-corrected chi connectivity index (χ3v) is 4.94. The van der Waals surface area contributed by atoms with Crippen LogP contribution in [0.2, 0.25) is 0 Å². The summed E-state index contributed by atoms with van der Waals surface area (Å²) in [4.78, 5) is 13.8. The van der Waals surface area contributed by atoms with Crippen LogP contribution < -0.4 is 9.64 Å². The minimum absolute atomic E-state index is 0.146. The number of aromatic nitrogens is 1. The summed E-state index contributed by atoms with van der Waals surface area (Å²) in [7, 11) is 1.59. The highest BCUT2D eigenvalue weighted by atomic mass is 16.5. The van der Waals surface area contributed by atoms with Crippen LogP contribution in [-0.2, 0) is 0 Å². The van der Waals surface area contributed by atoms with Gasteiger partial charge >= 0.3 is 5.97 Å². The first-order valence-corrected chi connectivity index (χ1v) is 7.74. The Balaban J connectivity index is 1.71. The summed E-state index contributed by atoms with van der Waals surface area (Å²) in [5, 5.41) is 13.7. The molecule has 2 fully saturated rings. The third kappa shape index (κ3) is 2.34. The minimum Gasteiger partial charge on any atom is -0.497 e. The van der Waals surface area contributed by atoms with Crippen LogP contribution in [0.4, 0.5) is 5.82 Å². The number of hydrogen-bond acceptors (Lipinski definition) is 5. The first-order valence-electron chi connectivity index (χ1n) is 7.74. The van der Waals surface area contributed by atoms with Gasteiger partial charge in [-0.2, -0.15) is 0 Å². The Hall–Kier alpha value is -2.50. The van der Waals surface area contributed by atoms with Gasteiger partial charge in [-0.1, -0.05) is 5.16 Å². The standard InChI is InChI=1S/C17H18N2O4/c1-22-12-4-2-11(3-5-12)14-13(16(20)21)15(18-23-14)19-9-8-17(10-19)6-7-17/h2-5H,6-10H2,1H3,(H,20,21). The van der Waals surface area contributed by atoms with Crippen molar-refractivity contribution in [2.75, 3.05) is 25.1 Å². The van der Waals surface area contributed by atoms with Gasteiger partial charge in [0.05, 0.1) is 7.11 Å². The number of carboxylic acid groups (broad SMARTS) is 1. The average Bonchev–Trinajstić information content (AvgIpc) is 2.98. The smallest absolute Gasteiger partial charge is 0.343 e. The number of benzene rings is 1. The number of ether oxygens (including phenoxy) is 1. The molecule has 0 radical (unpaired) electrons. The molecule has 1 aromatic heterocycles. The van der Waals surface area contributed by atoms with Crippen LogP contribution in [-0.4, -0.2) is 36.4 Å². The number of rotatable bonds is 4. The Bertz CT molecular complexity index is 746. The molecule has 1 aliphatic heterocycles. The summed E-state index contributed by atoms with van der Waals surface area (Å²) in [6.07, 6.45) is 3.57. The molecule has 6 heteroatoms. The maximum Gasteiger partial charge on any atom is 0.343 e. The van der Waals surface area contributed by atoms with Crippen molar-refractivity contribution in [3.05, 3.63) is 29.8 Å². The van der Waals surface area contributed by atoms with Crippen LogP contribution in [0.3, 0.4) is 0 Å². The van der Waals surface area contributed by atoms with Crippen molar-refractivity contribution in [2.45, 2.75) is 19.3 Å². The van der Waals surface area contributed by atoms with E-state index in [4.69, 9.17) is 9.26 Å². The zero-order valence-electron chi connectivity index (χ0n) is 12.9. The fourth-order valence-corrected chi connectivity index (χ4v) is 3.33. The van der Waals surface area contributed by atoms with E-state index in [1.807, 2.05) is 4.90 Å². The van der Waals surface area contributed by atoms with Crippen LogP contribution in [0.5, 0.6) is 5.75 Å². The van der Waals surface area contributed by atoms with E-state index >= 15 is 0 Å². The van der Waals surface area contributed by atoms with Gasteiger partial charge in [-0.05, 0) is 48.9 Å². The Kier molecular flexibility index (Phi) is 3.07. The third-order valence-electron chi connectivity index (χ3n) is 4.94. The van der Waals surface area contributed by atoms with Gasteiger partial charge in [0, 0.05) is 18.7 Å². The average molecular weight is 314 g/mol. The summed E-state index contributed by atoms with van der Waals surface area (Å²) >= 11 is 0. The Morgan fingerprint density at radius 2 is 2.04 bits per heavy atom. The molecule has 23 heavy (non-hydrogen) atoms. The number of hydrogen-bond donors (Lipinski definition) is 1. The molecule has 1 saturated carbocycles. The van der Waals surface area contributed by atoms with Gasteiger partial charge in [-0.3, -0.25) is 0 Å². The van der Waals surface area contributed by atoms with Gasteiger partial charge in [-0.15, -0.1) is 0 Å². The maximum atomic E-state index is 11.8. The molecule has 0 unspecified atom stereocenters. The molecular weight excluding hydrogens is 296 g/mol. The van der Waals surface area contributed by atoms with Crippen LogP contribution in [0.1, 0.15) is 29.6 Å². The lowest BCUT2D eigenvalue weighted by Gasteiger charge is -2.15. The Labute approximate surface area is 133 Å². The van der Waals surface area contributed by atoms with E-state index in [1.54, 1.807) is 31.4 Å². The van der Waals surface area contributed by atoms with Crippen LogP contribution in [0.25, 0.3) is 11.3 Å². The molecular formula is C17H18N2O4. The number of methoxy groups -OCH3 is 1. The second-order valence-electron chi connectivity index (χ2n) is 6.42. The Morgan fingerprint density at radius 1 is 1.30 bits per heavy atom. The molecule has 2 aromatic rings. The van der Waals surface area contributed by atoms with E-state index in [2.05, 4.69) is 5.16 Å². The highest BCUT2D eigenvalue weighted by Crippen LogP contribution is 2.53. The molecule has 4 rings (SSSR count). The molecule has 1 saturated heterocycles. The summed E-state index contributed by atoms with van der Waals surface area (Å²) < 4.78 is 10.5. The van der Waals surface area contributed by atoms with Crippen molar-refractivity contribution in [1.29, 1.82) is 0 Å². The second-order valence-corrected chi connectivity index (χ2v) is 6.42. The molecule has 1 N–H and O–H groups in total. The Morgan fingerprint density at radius 3 is 2.61 bits per heavy atom. The van der Waals surface area contributed by atoms with E-state index in [1.165, 1.54) is 12.8 Å². The molecule has 6 nitrogen and oxygen atoms in total. The molecule has 0 atom stereocenters. The van der Waals surface area contributed by atoms with E-state index in [9.17, 15) is 9.90 Å². The lowest BCUT2D eigenvalue weighted by atomic mass is 10.1. The van der Waals surface area contributed by atoms with Crippen molar-refractivity contribution in [2.24, 2.45) is 5.41 Å². The summed E-state index contributed by atoms with van der Waals surface area (Å²) in [5.74, 6) is 0.448. The van der Waals surface area contributed by atoms with Gasteiger partial charge in [-0.25, -0.2) is 4.79 Å². The van der Waals surface area contributed by atoms with Gasteiger partial charge in [0.2, 0.25) is 0 Å². The van der Waals surface area contributed by atoms with Crippen molar-refractivity contribution in [3.8, 4) is 17.1 Å². The van der Waals surface area contributed by atoms with Gasteiger partial charge in [0.25, 0.3) is 0 Å². The number of nitrogens with zero attached hydrogens (tertiary/aromatic N) is 2. The molecule has 120 valence electrons. The fraction of sp³-hybridized carbons (Fsp3) is 0.412. The molecule has 1 aliphatic carbocycles. The number of anilines is 1. The largest absolute Gasteiger partial charge is 0.497 e. The topological polar surface area (TPSA) is 75.8 Å². The summed E-state index contributed by atoms with van der Waals surface area (Å²) in [5.41, 5.74) is 1.23. The lowest BCUT2D eigenvalue weighted by molar-refractivity contribution is 0.0698. The SMILES string of the molecule is COc1ccc(-c2onc(N3CCC4(CC4)C3)c2C(=O)O)cc1. The van der Waals surface area contributed by atoms with Crippen molar-refractivity contribution in [3.63, 3.8) is 0 Å². The normalized spacial score (nSPS) is 18.4. The monoisotopic (exact) mass is 314 g/mol. The van der Waals surface area contributed by atoms with Crippen LogP contribution in [0.15, 0.2) is 28.8 Å². The molecule has 2 aliphatic rings. The fourth-order valence-electron chi connectivity index (χ4n) is 3.33. The van der Waals surface area contributed by atoms with E-state index in [0.717, 1.165) is 19.5 Å². The highest BCUT2D eigenvalue weighted by molar-refractivity contribution is 5.99. The number of aromatic carboxylic acids is 1. The molecule has 2 heterocycles. The highest BCUT2D eigenvalue weighted by Gasteiger charge is 2.49. The molecule has 0 bridgehead atoms. The molecule has 0 amide bonds. The number of carbonyl (C=O) groups is 1. The first kappa shape index (κ1) is 14.1. The predicted octanol–water partition coefficient (Wildman–Crippen LogP) is 3.04. The van der Waals surface area contributed by atoms with Crippen LogP contribution >= 0.6 is 0 Å². The predicted molar refractivity (Wildman–Crippen MR) is 83.9 cm³/mol. The van der Waals surface area contributed by atoms with Crippen molar-refractivity contribution in [1.82, 2.24) is 5.16 Å². The minimum atomic E-state index is -1.01. The molecule has 1 spiro atoms. The second kappa shape index (κ2) is 5.01. The van der Waals surface area contributed by atoms with E-state index in [0.29, 0.717) is 28.3 Å². The van der Waals surface area contributed by atoms with Gasteiger partial charge < -0.3 is 19.3 Å². The maximum absolute atomic E-state index is 11.8. The first-order chi connectivity index (χ1) is 11.1. The van der Waals surface area contributed by atoms with Gasteiger partial charge in [0.15, 0.2) is 17.1 Å². The van der Waals surface area contributed by atoms with Crippen molar-refractivity contribution >= 4 is 11.8 Å². The van der Waals surface area contributed by atoms with Crippen molar-refractivity contribution < 1.29 is 19.2 Å². The van der Waals surface area contributed by atoms with E-state index in [-0.39, 0.29) is 5.56 Å². The number of carboxylic acids is 1.